The van der Waals surface area contributed by atoms with Gasteiger partial charge < -0.3 is 10.4 Å². The van der Waals surface area contributed by atoms with Crippen molar-refractivity contribution in [2.75, 3.05) is 13.1 Å². The molecule has 0 atom stereocenters. The van der Waals surface area contributed by atoms with E-state index in [1.807, 2.05) is 0 Å². The summed E-state index contributed by atoms with van der Waals surface area (Å²) in [5, 5.41) is 14.8. The summed E-state index contributed by atoms with van der Waals surface area (Å²) in [4.78, 5) is 23.5. The molecule has 0 saturated carbocycles. The Kier molecular flexibility index (Phi) is 4.92. The summed E-state index contributed by atoms with van der Waals surface area (Å²) in [7, 11) is 0. The van der Waals surface area contributed by atoms with Crippen molar-refractivity contribution in [1.29, 1.82) is 0 Å². The van der Waals surface area contributed by atoms with Gasteiger partial charge in [-0.3, -0.25) is 15.1 Å². The van der Waals surface area contributed by atoms with Crippen molar-refractivity contribution < 1.29 is 23.1 Å². The predicted molar refractivity (Wildman–Crippen MR) is 95.0 cm³/mol. The topological polar surface area (TPSA) is 91.0 Å². The van der Waals surface area contributed by atoms with Crippen molar-refractivity contribution in [3.63, 3.8) is 0 Å². The van der Waals surface area contributed by atoms with E-state index in [9.17, 15) is 23.1 Å². The number of carbonyl (C=O) groups is 1. The second-order valence-electron chi connectivity index (χ2n) is 6.08. The number of rotatable bonds is 2. The number of phenolic OH excluding ortho intramolecular Hbond substituents is 1. The third-order valence-corrected chi connectivity index (χ3v) is 4.05. The number of pyridine rings is 1. The fourth-order valence-electron chi connectivity index (χ4n) is 2.71. The van der Waals surface area contributed by atoms with E-state index < -0.39 is 36.5 Å². The fraction of sp³-hybridized carbons (Fsp3) is 0.222. The minimum Gasteiger partial charge on any atom is -0.507 e. The number of phenols is 1. The minimum absolute atomic E-state index is 0.0106. The van der Waals surface area contributed by atoms with Crippen LogP contribution in [0.1, 0.15) is 16.1 Å². The summed E-state index contributed by atoms with van der Waals surface area (Å²) < 4.78 is 40.1. The van der Waals surface area contributed by atoms with Gasteiger partial charge in [0, 0.05) is 11.3 Å². The number of guanidine groups is 1. The van der Waals surface area contributed by atoms with Gasteiger partial charge >= 0.3 is 0 Å². The van der Waals surface area contributed by atoms with E-state index in [0.29, 0.717) is 5.69 Å². The number of hydrogen-bond donors (Lipinski definition) is 3. The Morgan fingerprint density at radius 3 is 2.82 bits per heavy atom. The van der Waals surface area contributed by atoms with Crippen LogP contribution in [0.2, 0.25) is 0 Å². The second kappa shape index (κ2) is 7.19. The van der Waals surface area contributed by atoms with Crippen LogP contribution in [0.25, 0.3) is 16.0 Å². The van der Waals surface area contributed by atoms with Crippen LogP contribution in [0.5, 0.6) is 5.75 Å². The van der Waals surface area contributed by atoms with Crippen molar-refractivity contribution in [1.82, 2.24) is 15.6 Å². The van der Waals surface area contributed by atoms with Gasteiger partial charge in [-0.2, -0.15) is 0 Å². The fourth-order valence-corrected chi connectivity index (χ4v) is 2.71. The number of hydrogen-bond acceptors (Lipinski definition) is 5. The van der Waals surface area contributed by atoms with Gasteiger partial charge in [-0.05, 0) is 24.6 Å². The first-order valence-corrected chi connectivity index (χ1v) is 8.05. The molecule has 0 unspecified atom stereocenters. The zero-order chi connectivity index (χ0) is 20.5. The van der Waals surface area contributed by atoms with Crippen molar-refractivity contribution in [3.8, 4) is 16.9 Å². The molecule has 1 aliphatic rings. The Bertz CT molecular complexity index is 1030. The van der Waals surface area contributed by atoms with E-state index in [4.69, 9.17) is 6.57 Å². The Morgan fingerprint density at radius 2 is 2.18 bits per heavy atom. The monoisotopic (exact) mass is 389 g/mol. The molecule has 2 heterocycles. The van der Waals surface area contributed by atoms with E-state index in [-0.39, 0.29) is 28.3 Å². The number of nitrogens with zero attached hydrogens (tertiary/aromatic N) is 3. The van der Waals surface area contributed by atoms with E-state index in [1.54, 1.807) is 6.92 Å². The Balaban J connectivity index is 2.08. The van der Waals surface area contributed by atoms with Crippen LogP contribution in [0, 0.1) is 19.3 Å². The molecule has 0 bridgehead atoms. The van der Waals surface area contributed by atoms with Gasteiger partial charge in [0.15, 0.2) is 11.6 Å². The van der Waals surface area contributed by atoms with Crippen molar-refractivity contribution in [3.05, 3.63) is 52.9 Å². The van der Waals surface area contributed by atoms with Crippen LogP contribution < -0.4 is 10.6 Å². The van der Waals surface area contributed by atoms with Crippen LogP contribution in [0.4, 0.5) is 18.9 Å². The molecule has 28 heavy (non-hydrogen) atoms. The number of aromatic hydroxyl groups is 1. The highest BCUT2D eigenvalue weighted by Crippen LogP contribution is 2.39. The lowest BCUT2D eigenvalue weighted by molar-refractivity contribution is 0.0120. The molecular formula is C18H14F3N5O2. The third-order valence-electron chi connectivity index (χ3n) is 4.05. The molecule has 1 aliphatic heterocycles. The normalized spacial score (nSPS) is 15.2. The van der Waals surface area contributed by atoms with Crippen molar-refractivity contribution in [2.45, 2.75) is 12.8 Å². The van der Waals surface area contributed by atoms with Crippen LogP contribution >= 0.6 is 0 Å². The maximum Gasteiger partial charge on any atom is 0.284 e. The number of halogens is 3. The van der Waals surface area contributed by atoms with Gasteiger partial charge in [-0.15, -0.1) is 0 Å². The van der Waals surface area contributed by atoms with E-state index in [2.05, 4.69) is 25.5 Å². The smallest absolute Gasteiger partial charge is 0.284 e. The molecule has 0 fully saturated rings. The molecule has 7 nitrogen and oxygen atoms in total. The summed E-state index contributed by atoms with van der Waals surface area (Å²) in [6, 6.07) is 3.54. The highest BCUT2D eigenvalue weighted by molar-refractivity contribution is 6.12. The number of alkyl halides is 2. The number of aryl methyl sites for hydroxylation is 1. The Labute approximate surface area is 157 Å². The van der Waals surface area contributed by atoms with Crippen LogP contribution in [0.3, 0.4) is 0 Å². The lowest BCUT2D eigenvalue weighted by Crippen LogP contribution is -2.50. The molecule has 10 heteroatoms. The first kappa shape index (κ1) is 19.2. The van der Waals surface area contributed by atoms with Gasteiger partial charge in [0.1, 0.15) is 18.1 Å². The number of nitrogens with one attached hydrogen (secondary N) is 2. The largest absolute Gasteiger partial charge is 0.507 e. The molecule has 0 saturated heterocycles. The molecule has 1 amide bonds. The zero-order valence-corrected chi connectivity index (χ0v) is 14.6. The van der Waals surface area contributed by atoms with E-state index in [0.717, 1.165) is 18.3 Å². The quantitative estimate of drug-likeness (QED) is 0.689. The molecular weight excluding hydrogens is 375 g/mol. The minimum atomic E-state index is -3.03. The first-order chi connectivity index (χ1) is 13.2. The van der Waals surface area contributed by atoms with Gasteiger partial charge in [0.05, 0.1) is 24.9 Å². The van der Waals surface area contributed by atoms with Gasteiger partial charge in [0.25, 0.3) is 11.8 Å². The molecule has 3 N–H and O–H groups in total. The van der Waals surface area contributed by atoms with Gasteiger partial charge in [-0.25, -0.2) is 23.0 Å². The number of amides is 1. The van der Waals surface area contributed by atoms with E-state index >= 15 is 0 Å². The van der Waals surface area contributed by atoms with Gasteiger partial charge in [0.2, 0.25) is 0 Å². The highest BCUT2D eigenvalue weighted by Gasteiger charge is 2.33. The summed E-state index contributed by atoms with van der Waals surface area (Å²) in [5.41, 5.74) is 0.143. The Hall–Kier alpha value is -3.61. The standard InChI is InChI=1S/C18H14F3N5O2/c1-9-11(5-10(19)6-23-9)14-12(22-2)3-4-13(27)15(14)16(28)26-17-24-7-18(20,21)8-25-17/h3-6,27H,7-8H2,1H3,(H2,24,25,26,28). The average Bonchev–Trinajstić information content (AvgIpc) is 2.65. The van der Waals surface area contributed by atoms with E-state index in [1.165, 1.54) is 6.07 Å². The maximum absolute atomic E-state index is 13.7. The molecule has 3 rings (SSSR count). The van der Waals surface area contributed by atoms with Gasteiger partial charge in [-0.1, -0.05) is 6.07 Å². The number of benzene rings is 1. The summed E-state index contributed by atoms with van der Waals surface area (Å²) in [6.07, 6.45) is 0.986. The second-order valence-corrected chi connectivity index (χ2v) is 6.08. The number of carbonyl (C=O) groups excluding carboxylic acids is 1. The lowest BCUT2D eigenvalue weighted by Gasteiger charge is -2.23. The Morgan fingerprint density at radius 1 is 1.43 bits per heavy atom. The lowest BCUT2D eigenvalue weighted by atomic mass is 9.95. The molecule has 0 radical (unpaired) electrons. The van der Waals surface area contributed by atoms with Crippen LogP contribution in [0.15, 0.2) is 29.4 Å². The third kappa shape index (κ3) is 3.73. The molecule has 0 spiro atoms. The predicted octanol–water partition coefficient (Wildman–Crippen LogP) is 2.78. The summed E-state index contributed by atoms with van der Waals surface area (Å²) in [5.74, 6) is -5.27. The van der Waals surface area contributed by atoms with Crippen LogP contribution in [-0.2, 0) is 0 Å². The zero-order valence-electron chi connectivity index (χ0n) is 14.6. The highest BCUT2D eigenvalue weighted by atomic mass is 19.3. The molecule has 0 aliphatic carbocycles. The molecule has 2 aromatic rings. The van der Waals surface area contributed by atoms with Crippen LogP contribution in [-0.4, -0.2) is 41.0 Å². The first-order valence-electron chi connectivity index (χ1n) is 8.05. The van der Waals surface area contributed by atoms with Crippen molar-refractivity contribution >= 4 is 17.6 Å². The van der Waals surface area contributed by atoms with Crippen molar-refractivity contribution in [2.24, 2.45) is 4.99 Å². The molecule has 1 aromatic heterocycles. The summed E-state index contributed by atoms with van der Waals surface area (Å²) >= 11 is 0. The number of aliphatic imine (C=N–C) groups is 1. The number of aromatic nitrogens is 1. The average molecular weight is 389 g/mol. The molecule has 1 aromatic carbocycles. The SMILES string of the molecule is [C-]#[N+]c1ccc(O)c(C(=O)NC2=NCC(F)(F)CN2)c1-c1cc(F)cnc1C. The summed E-state index contributed by atoms with van der Waals surface area (Å²) in [6.45, 7) is 7.39. The maximum atomic E-state index is 13.7. The molecule has 144 valence electrons.